The highest BCUT2D eigenvalue weighted by molar-refractivity contribution is 6.09. The molecule has 5 heteroatoms. The Morgan fingerprint density at radius 2 is 2.33 bits per heavy atom. The minimum Gasteiger partial charge on any atom is -0.385 e. The van der Waals surface area contributed by atoms with Crippen molar-refractivity contribution in [3.63, 3.8) is 0 Å². The number of carbonyl (C=O) groups is 1. The molecule has 0 saturated heterocycles. The van der Waals surface area contributed by atoms with E-state index in [1.54, 1.807) is 7.05 Å². The van der Waals surface area contributed by atoms with Gasteiger partial charge in [0.25, 0.3) is 0 Å². The Balaban J connectivity index is 2.07. The minimum absolute atomic E-state index is 0.0111. The lowest BCUT2D eigenvalue weighted by molar-refractivity contribution is 0.102. The van der Waals surface area contributed by atoms with E-state index < -0.39 is 0 Å². The van der Waals surface area contributed by atoms with Crippen LogP contribution in [0.1, 0.15) is 28.0 Å². The summed E-state index contributed by atoms with van der Waals surface area (Å²) in [6.45, 7) is 0.970. The van der Waals surface area contributed by atoms with Crippen molar-refractivity contribution in [2.24, 2.45) is 7.05 Å². The monoisotopic (exact) mass is 242 g/mol. The fraction of sp³-hybridized carbons (Fsp3) is 0.308. The van der Waals surface area contributed by atoms with Crippen molar-refractivity contribution >= 4 is 11.5 Å². The van der Waals surface area contributed by atoms with Gasteiger partial charge >= 0.3 is 0 Å². The molecule has 0 bridgehead atoms. The van der Waals surface area contributed by atoms with Crippen LogP contribution in [-0.4, -0.2) is 27.3 Å². The van der Waals surface area contributed by atoms with Crippen molar-refractivity contribution in [3.8, 4) is 0 Å². The van der Waals surface area contributed by atoms with Crippen LogP contribution in [0.25, 0.3) is 0 Å². The molecule has 2 heterocycles. The lowest BCUT2D eigenvalue weighted by Gasteiger charge is -2.20. The third-order valence-corrected chi connectivity index (χ3v) is 3.29. The summed E-state index contributed by atoms with van der Waals surface area (Å²) < 4.78 is 1.51. The molecule has 0 saturated carbocycles. The number of carbonyl (C=O) groups excluding carboxylic acids is 1. The predicted molar refractivity (Wildman–Crippen MR) is 67.7 cm³/mol. The van der Waals surface area contributed by atoms with Gasteiger partial charge in [0, 0.05) is 24.8 Å². The van der Waals surface area contributed by atoms with E-state index >= 15 is 0 Å². The van der Waals surface area contributed by atoms with Gasteiger partial charge in [0.05, 0.1) is 6.20 Å². The Hall–Kier alpha value is -2.17. The second kappa shape index (κ2) is 4.25. The highest BCUT2D eigenvalue weighted by Crippen LogP contribution is 2.26. The summed E-state index contributed by atoms with van der Waals surface area (Å²) in [6.07, 6.45) is 3.51. The summed E-state index contributed by atoms with van der Waals surface area (Å²) in [5.41, 5.74) is 3.45. The van der Waals surface area contributed by atoms with Crippen LogP contribution in [0.3, 0.4) is 0 Å². The quantitative estimate of drug-likeness (QED) is 0.809. The Morgan fingerprint density at radius 1 is 1.44 bits per heavy atom. The minimum atomic E-state index is -0.0111. The molecule has 1 aromatic heterocycles. The van der Waals surface area contributed by atoms with E-state index in [4.69, 9.17) is 0 Å². The molecule has 5 nitrogen and oxygen atoms in total. The van der Waals surface area contributed by atoms with Crippen LogP contribution in [0.5, 0.6) is 0 Å². The van der Waals surface area contributed by atoms with Crippen LogP contribution >= 0.6 is 0 Å². The Kier molecular flexibility index (Phi) is 2.59. The third kappa shape index (κ3) is 1.68. The van der Waals surface area contributed by atoms with Crippen molar-refractivity contribution in [2.45, 2.75) is 12.8 Å². The van der Waals surface area contributed by atoms with Gasteiger partial charge < -0.3 is 5.32 Å². The fourth-order valence-corrected chi connectivity index (χ4v) is 2.36. The zero-order valence-corrected chi connectivity index (χ0v) is 10.2. The first-order chi connectivity index (χ1) is 8.77. The van der Waals surface area contributed by atoms with Gasteiger partial charge in [-0.25, -0.2) is 4.68 Å². The van der Waals surface area contributed by atoms with Gasteiger partial charge in [0.2, 0.25) is 5.78 Å². The fourth-order valence-electron chi connectivity index (χ4n) is 2.36. The topological polar surface area (TPSA) is 59.8 Å². The molecule has 0 spiro atoms. The van der Waals surface area contributed by atoms with Crippen LogP contribution in [0, 0.1) is 0 Å². The number of benzene rings is 1. The van der Waals surface area contributed by atoms with Crippen molar-refractivity contribution in [3.05, 3.63) is 41.2 Å². The van der Waals surface area contributed by atoms with E-state index in [1.165, 1.54) is 10.9 Å². The normalized spacial score (nSPS) is 13.8. The summed E-state index contributed by atoms with van der Waals surface area (Å²) >= 11 is 0. The average molecular weight is 242 g/mol. The van der Waals surface area contributed by atoms with Gasteiger partial charge in [0.1, 0.15) is 5.69 Å². The van der Waals surface area contributed by atoms with Gasteiger partial charge in [0.15, 0.2) is 0 Å². The maximum atomic E-state index is 12.5. The highest BCUT2D eigenvalue weighted by atomic mass is 16.1. The lowest BCUT2D eigenvalue weighted by Crippen LogP contribution is -2.17. The van der Waals surface area contributed by atoms with E-state index in [2.05, 4.69) is 15.6 Å². The number of nitrogens with zero attached hydrogens (tertiary/aromatic N) is 3. The van der Waals surface area contributed by atoms with Crippen LogP contribution in [-0.2, 0) is 13.5 Å². The van der Waals surface area contributed by atoms with Gasteiger partial charge in [-0.05, 0) is 24.5 Å². The highest BCUT2D eigenvalue weighted by Gasteiger charge is 2.20. The molecule has 3 rings (SSSR count). The maximum Gasteiger partial charge on any atom is 0.213 e. The third-order valence-electron chi connectivity index (χ3n) is 3.29. The van der Waals surface area contributed by atoms with Crippen molar-refractivity contribution in [1.29, 1.82) is 0 Å². The van der Waals surface area contributed by atoms with Crippen LogP contribution in [0.2, 0.25) is 0 Å². The zero-order chi connectivity index (χ0) is 12.5. The Labute approximate surface area is 105 Å². The molecule has 1 aliphatic rings. The van der Waals surface area contributed by atoms with Gasteiger partial charge in [-0.3, -0.25) is 4.79 Å². The number of nitrogens with one attached hydrogen (secondary N) is 1. The second-order valence-corrected chi connectivity index (χ2v) is 4.43. The van der Waals surface area contributed by atoms with E-state index in [0.29, 0.717) is 5.69 Å². The van der Waals surface area contributed by atoms with Gasteiger partial charge in [-0.15, -0.1) is 5.10 Å². The average Bonchev–Trinajstić information content (AvgIpc) is 2.83. The molecule has 2 aromatic rings. The molecule has 0 atom stereocenters. The molecule has 18 heavy (non-hydrogen) atoms. The number of aryl methyl sites for hydroxylation is 1. The van der Waals surface area contributed by atoms with Gasteiger partial charge in [-0.1, -0.05) is 17.3 Å². The Bertz CT molecular complexity index is 603. The number of aromatic nitrogens is 3. The van der Waals surface area contributed by atoms with Crippen LogP contribution in [0.4, 0.5) is 5.69 Å². The molecule has 0 amide bonds. The molecular formula is C13H14N4O. The first-order valence-electron chi connectivity index (χ1n) is 6.02. The molecule has 0 fully saturated rings. The zero-order valence-electron chi connectivity index (χ0n) is 10.2. The number of fused-ring (bicyclic) bond motifs is 1. The van der Waals surface area contributed by atoms with E-state index in [9.17, 15) is 4.79 Å². The number of rotatable bonds is 2. The number of hydrogen-bond acceptors (Lipinski definition) is 4. The second-order valence-electron chi connectivity index (χ2n) is 4.43. The molecule has 92 valence electrons. The standard InChI is InChI=1S/C13H14N4O/c1-17-12(8-15-16-17)13(18)10-4-2-6-11-9(10)5-3-7-14-11/h2,4,6,8,14H,3,5,7H2,1H3. The molecule has 0 aliphatic carbocycles. The molecule has 1 aliphatic heterocycles. The Morgan fingerprint density at radius 3 is 3.11 bits per heavy atom. The summed E-state index contributed by atoms with van der Waals surface area (Å²) in [4.78, 5) is 12.5. The van der Waals surface area contributed by atoms with Crippen molar-refractivity contribution in [2.75, 3.05) is 11.9 Å². The largest absolute Gasteiger partial charge is 0.385 e. The van der Waals surface area contributed by atoms with Crippen LogP contribution < -0.4 is 5.32 Å². The molecule has 1 aromatic carbocycles. The summed E-state index contributed by atoms with van der Waals surface area (Å²) in [5, 5.41) is 10.9. The summed E-state index contributed by atoms with van der Waals surface area (Å²) in [7, 11) is 1.73. The first kappa shape index (κ1) is 11.0. The molecule has 0 radical (unpaired) electrons. The number of anilines is 1. The molecule has 0 unspecified atom stereocenters. The van der Waals surface area contributed by atoms with Crippen molar-refractivity contribution < 1.29 is 4.79 Å². The van der Waals surface area contributed by atoms with Gasteiger partial charge in [-0.2, -0.15) is 0 Å². The van der Waals surface area contributed by atoms with E-state index in [1.807, 2.05) is 18.2 Å². The number of ketones is 1. The molecular weight excluding hydrogens is 228 g/mol. The smallest absolute Gasteiger partial charge is 0.213 e. The predicted octanol–water partition coefficient (Wildman–Crippen LogP) is 1.40. The summed E-state index contributed by atoms with van der Waals surface area (Å²) in [5.74, 6) is -0.0111. The SMILES string of the molecule is Cn1nncc1C(=O)c1cccc2c1CCCN2. The van der Waals surface area contributed by atoms with E-state index in [0.717, 1.165) is 36.2 Å². The lowest BCUT2D eigenvalue weighted by atomic mass is 9.94. The summed E-state index contributed by atoms with van der Waals surface area (Å²) in [6, 6.07) is 5.81. The molecule has 1 N–H and O–H groups in total. The van der Waals surface area contributed by atoms with Crippen molar-refractivity contribution in [1.82, 2.24) is 15.0 Å². The first-order valence-corrected chi connectivity index (χ1v) is 6.02. The number of hydrogen-bond donors (Lipinski definition) is 1. The maximum absolute atomic E-state index is 12.5. The van der Waals surface area contributed by atoms with Crippen LogP contribution in [0.15, 0.2) is 24.4 Å². The van der Waals surface area contributed by atoms with E-state index in [-0.39, 0.29) is 5.78 Å².